The summed E-state index contributed by atoms with van der Waals surface area (Å²) in [7, 11) is 0. The van der Waals surface area contributed by atoms with Gasteiger partial charge in [0, 0.05) is 22.5 Å². The van der Waals surface area contributed by atoms with Crippen LogP contribution in [0, 0.1) is 0 Å². The maximum Gasteiger partial charge on any atom is 0.0713 e. The molecule has 2 aliphatic rings. The second-order valence-corrected chi connectivity index (χ2v) is 20.8. The summed E-state index contributed by atoms with van der Waals surface area (Å²) in [5.74, 6) is 0. The highest BCUT2D eigenvalue weighted by molar-refractivity contribution is 5.98. The predicted octanol–water partition coefficient (Wildman–Crippen LogP) is 19.6. The first kappa shape index (κ1) is 44.4. The Kier molecular flexibility index (Phi) is 10.5. The van der Waals surface area contributed by atoms with Gasteiger partial charge in [0.15, 0.2) is 0 Å². The summed E-state index contributed by atoms with van der Waals surface area (Å²) in [6.45, 7) is 4.74. The molecule has 354 valence electrons. The molecule has 0 atom stereocenters. The minimum atomic E-state index is -0.466. The normalized spacial score (nSPS) is 13.4. The molecule has 12 aromatic carbocycles. The van der Waals surface area contributed by atoms with Gasteiger partial charge in [0.1, 0.15) is 0 Å². The molecule has 0 saturated carbocycles. The van der Waals surface area contributed by atoms with Crippen LogP contribution >= 0.6 is 0 Å². The second-order valence-electron chi connectivity index (χ2n) is 20.8. The average molecular weight is 956 g/mol. The van der Waals surface area contributed by atoms with E-state index in [0.717, 1.165) is 22.6 Å². The van der Waals surface area contributed by atoms with Crippen molar-refractivity contribution in [3.8, 4) is 66.8 Å². The van der Waals surface area contributed by atoms with Gasteiger partial charge in [0.25, 0.3) is 0 Å². The van der Waals surface area contributed by atoms with E-state index in [2.05, 4.69) is 304 Å². The van der Waals surface area contributed by atoms with Crippen LogP contribution in [0.2, 0.25) is 0 Å². The topological polar surface area (TPSA) is 3.24 Å². The molecule has 75 heavy (non-hydrogen) atoms. The zero-order valence-electron chi connectivity index (χ0n) is 42.1. The van der Waals surface area contributed by atoms with Gasteiger partial charge < -0.3 is 4.90 Å². The summed E-state index contributed by atoms with van der Waals surface area (Å²) in [4.78, 5) is 2.41. The van der Waals surface area contributed by atoms with Crippen molar-refractivity contribution in [2.75, 3.05) is 4.90 Å². The zero-order chi connectivity index (χ0) is 50.1. The number of benzene rings is 12. The van der Waals surface area contributed by atoms with Crippen LogP contribution in [0.15, 0.2) is 285 Å². The Morgan fingerprint density at radius 1 is 0.267 bits per heavy atom. The molecule has 0 saturated heterocycles. The number of hydrogen-bond acceptors (Lipinski definition) is 1. The van der Waals surface area contributed by atoms with Gasteiger partial charge in [-0.3, -0.25) is 0 Å². The first-order valence-corrected chi connectivity index (χ1v) is 26.2. The quantitative estimate of drug-likeness (QED) is 0.139. The maximum atomic E-state index is 2.46. The molecule has 12 aromatic rings. The van der Waals surface area contributed by atoms with Crippen molar-refractivity contribution in [1.29, 1.82) is 0 Å². The fourth-order valence-corrected chi connectivity index (χ4v) is 12.9. The van der Waals surface area contributed by atoms with E-state index in [1.54, 1.807) is 0 Å². The van der Waals surface area contributed by atoms with Crippen molar-refractivity contribution in [1.82, 2.24) is 0 Å². The fourth-order valence-electron chi connectivity index (χ4n) is 12.9. The third kappa shape index (κ3) is 7.14. The van der Waals surface area contributed by atoms with E-state index in [0.29, 0.717) is 0 Å². The van der Waals surface area contributed by atoms with Gasteiger partial charge in [-0.25, -0.2) is 0 Å². The summed E-state index contributed by atoms with van der Waals surface area (Å²) in [6, 6.07) is 106. The molecular formula is C74H53N. The van der Waals surface area contributed by atoms with Gasteiger partial charge in [-0.2, -0.15) is 0 Å². The van der Waals surface area contributed by atoms with E-state index in [4.69, 9.17) is 0 Å². The Bertz CT molecular complexity index is 4080. The molecule has 2 aliphatic carbocycles. The lowest BCUT2D eigenvalue weighted by molar-refractivity contribution is 0.662. The average Bonchev–Trinajstić information content (AvgIpc) is 3.91. The van der Waals surface area contributed by atoms with Gasteiger partial charge in [-0.1, -0.05) is 250 Å². The predicted molar refractivity (Wildman–Crippen MR) is 315 cm³/mol. The van der Waals surface area contributed by atoms with E-state index >= 15 is 0 Å². The highest BCUT2D eigenvalue weighted by Crippen LogP contribution is 2.57. The lowest BCUT2D eigenvalue weighted by atomic mass is 9.67. The summed E-state index contributed by atoms with van der Waals surface area (Å²) in [5.41, 5.74) is 25.5. The smallest absolute Gasteiger partial charge is 0.0713 e. The van der Waals surface area contributed by atoms with Gasteiger partial charge in [0.2, 0.25) is 0 Å². The highest BCUT2D eigenvalue weighted by atomic mass is 15.1. The van der Waals surface area contributed by atoms with E-state index < -0.39 is 5.41 Å². The monoisotopic (exact) mass is 955 g/mol. The molecule has 0 aromatic heterocycles. The summed E-state index contributed by atoms with van der Waals surface area (Å²) in [6.07, 6.45) is 0. The van der Waals surface area contributed by atoms with Crippen LogP contribution in [-0.2, 0) is 10.8 Å². The van der Waals surface area contributed by atoms with Crippen molar-refractivity contribution in [3.05, 3.63) is 318 Å². The minimum absolute atomic E-state index is 0.117. The number of fused-ring (bicyclic) bond motifs is 7. The van der Waals surface area contributed by atoms with Gasteiger partial charge in [0.05, 0.1) is 5.41 Å². The lowest BCUT2D eigenvalue weighted by Crippen LogP contribution is -2.28. The number of nitrogens with zero attached hydrogens (tertiary/aromatic N) is 1. The second kappa shape index (κ2) is 17.7. The van der Waals surface area contributed by atoms with E-state index in [1.807, 2.05) is 0 Å². The van der Waals surface area contributed by atoms with Crippen LogP contribution in [-0.4, -0.2) is 0 Å². The highest BCUT2D eigenvalue weighted by Gasteiger charge is 2.46. The Balaban J connectivity index is 0.879. The number of rotatable bonds is 9. The van der Waals surface area contributed by atoms with Crippen molar-refractivity contribution < 1.29 is 0 Å². The van der Waals surface area contributed by atoms with Crippen LogP contribution in [0.1, 0.15) is 47.2 Å². The third-order valence-corrected chi connectivity index (χ3v) is 16.3. The molecule has 0 aliphatic heterocycles. The minimum Gasteiger partial charge on any atom is -0.310 e. The van der Waals surface area contributed by atoms with Crippen LogP contribution in [0.3, 0.4) is 0 Å². The van der Waals surface area contributed by atoms with Crippen LogP contribution < -0.4 is 4.90 Å². The molecular weight excluding hydrogens is 903 g/mol. The molecule has 0 bridgehead atoms. The van der Waals surface area contributed by atoms with Crippen molar-refractivity contribution in [2.24, 2.45) is 0 Å². The van der Waals surface area contributed by atoms with Crippen molar-refractivity contribution in [3.63, 3.8) is 0 Å². The molecule has 0 fully saturated rings. The molecule has 14 rings (SSSR count). The van der Waals surface area contributed by atoms with Crippen molar-refractivity contribution in [2.45, 2.75) is 24.7 Å². The van der Waals surface area contributed by atoms with E-state index in [1.165, 1.54) is 105 Å². The first-order chi connectivity index (χ1) is 36.9. The molecule has 0 spiro atoms. The summed E-state index contributed by atoms with van der Waals surface area (Å²) in [5, 5.41) is 2.50. The Labute approximate surface area is 440 Å². The molecule has 0 heterocycles. The Hall–Kier alpha value is -9.30. The standard InChI is InChI=1S/C74H53N/c1-73(2)69-35-13-11-31-66(69)68-34-18-33-64(72(68)73)52-39-44-60(45-40-52)75(61-28-16-22-54(48-61)53-21-15-23-56(47-53)63-32-17-20-51-19-9-10-29-62(51)63)59-42-37-50(38-43-59)55-41-46-67-65-30-12-14-36-70(65)74(71(67)49-55,57-24-5-3-6-25-57)58-26-7-4-8-27-58/h3-49H,1-2H3. The van der Waals surface area contributed by atoms with E-state index in [-0.39, 0.29) is 5.41 Å². The Morgan fingerprint density at radius 2 is 0.747 bits per heavy atom. The first-order valence-electron chi connectivity index (χ1n) is 26.2. The number of hydrogen-bond donors (Lipinski definition) is 0. The third-order valence-electron chi connectivity index (χ3n) is 16.3. The largest absolute Gasteiger partial charge is 0.310 e. The number of anilines is 3. The SMILES string of the molecule is CC1(C)c2ccccc2-c2cccc(-c3ccc(N(c4ccc(-c5ccc6c(c5)C(c5ccccc5)(c5ccccc5)c5ccccc5-6)cc4)c4cccc(-c5cccc(-c6cccc7ccccc67)c5)c4)cc3)c21. The van der Waals surface area contributed by atoms with Crippen molar-refractivity contribution >= 4 is 27.8 Å². The van der Waals surface area contributed by atoms with E-state index in [9.17, 15) is 0 Å². The summed E-state index contributed by atoms with van der Waals surface area (Å²) >= 11 is 0. The maximum absolute atomic E-state index is 2.46. The van der Waals surface area contributed by atoms with Crippen LogP contribution in [0.4, 0.5) is 17.1 Å². The van der Waals surface area contributed by atoms with Crippen LogP contribution in [0.25, 0.3) is 77.5 Å². The summed E-state index contributed by atoms with van der Waals surface area (Å²) < 4.78 is 0. The fraction of sp³-hybridized carbons (Fsp3) is 0.0541. The molecule has 1 heteroatoms. The molecule has 0 radical (unpaired) electrons. The van der Waals surface area contributed by atoms with Gasteiger partial charge in [-0.15, -0.1) is 0 Å². The van der Waals surface area contributed by atoms with Gasteiger partial charge >= 0.3 is 0 Å². The molecule has 1 nitrogen and oxygen atoms in total. The zero-order valence-corrected chi connectivity index (χ0v) is 42.1. The molecule has 0 unspecified atom stereocenters. The van der Waals surface area contributed by atoms with Crippen LogP contribution in [0.5, 0.6) is 0 Å². The lowest BCUT2D eigenvalue weighted by Gasteiger charge is -2.34. The molecule has 0 N–H and O–H groups in total. The van der Waals surface area contributed by atoms with Gasteiger partial charge in [-0.05, 0) is 159 Å². The molecule has 0 amide bonds. The Morgan fingerprint density at radius 3 is 1.48 bits per heavy atom.